The zero-order valence-corrected chi connectivity index (χ0v) is 38.1. The van der Waals surface area contributed by atoms with Crippen molar-refractivity contribution in [2.75, 3.05) is 40.3 Å². The van der Waals surface area contributed by atoms with Gasteiger partial charge in [-0.25, -0.2) is 0 Å². The van der Waals surface area contributed by atoms with Crippen LogP contribution in [0.15, 0.2) is 24.3 Å². The summed E-state index contributed by atoms with van der Waals surface area (Å²) in [6.45, 7) is 12.4. The second-order valence-corrected chi connectivity index (χ2v) is 20.3. The molecule has 5 N–H and O–H groups in total. The first-order valence-electron chi connectivity index (χ1n) is 20.0. The molecular formula is C41H63F2N4O12PS. The number of primary amides is 2. The van der Waals surface area contributed by atoms with Crippen LogP contribution in [0.2, 0.25) is 0 Å². The fourth-order valence-electron chi connectivity index (χ4n) is 6.39. The van der Waals surface area contributed by atoms with Crippen LogP contribution in [0.25, 0.3) is 10.1 Å². The maximum atomic E-state index is 15.2. The summed E-state index contributed by atoms with van der Waals surface area (Å²) < 4.78 is 62.7. The van der Waals surface area contributed by atoms with Gasteiger partial charge in [0.1, 0.15) is 6.29 Å². The quantitative estimate of drug-likeness (QED) is 0.111. The lowest BCUT2D eigenvalue weighted by atomic mass is 9.98. The molecule has 4 heterocycles. The highest BCUT2D eigenvalue weighted by atomic mass is 32.1. The summed E-state index contributed by atoms with van der Waals surface area (Å²) in [5, 5.41) is 9.26. The minimum Gasteiger partial charge on any atom is -0.438 e. The molecule has 0 bridgehead atoms. The Hall–Kier alpha value is -3.87. The molecule has 61 heavy (non-hydrogen) atoms. The number of nitrogens with zero attached hydrogens (tertiary/aromatic N) is 2. The smallest absolute Gasteiger partial charge is 0.409 e. The normalized spacial score (nSPS) is 21.7. The summed E-state index contributed by atoms with van der Waals surface area (Å²) in [7, 11) is -4.03. The van der Waals surface area contributed by atoms with Gasteiger partial charge in [-0.2, -0.15) is 8.78 Å². The Bertz CT molecular complexity index is 1850. The number of alkyl halides is 2. The molecule has 1 aliphatic carbocycles. The highest BCUT2D eigenvalue weighted by Gasteiger charge is 2.56. The molecular weight excluding hydrogens is 842 g/mol. The Morgan fingerprint density at radius 2 is 1.61 bits per heavy atom. The van der Waals surface area contributed by atoms with E-state index in [1.807, 2.05) is 20.8 Å². The van der Waals surface area contributed by atoms with E-state index in [-0.39, 0.29) is 28.7 Å². The number of ether oxygens (including phenoxy) is 2. The van der Waals surface area contributed by atoms with Gasteiger partial charge in [0.05, 0.1) is 16.4 Å². The van der Waals surface area contributed by atoms with Gasteiger partial charge in [-0.3, -0.25) is 37.6 Å². The zero-order chi connectivity index (χ0) is 46.3. The molecule has 1 saturated carbocycles. The number of carbonyl (C=O) groups excluding carboxylic acids is 6. The number of hydrogen-bond acceptors (Lipinski definition) is 13. The number of esters is 1. The molecule has 2 aromatic rings. The largest absolute Gasteiger partial charge is 0.438 e. The first-order chi connectivity index (χ1) is 28.3. The van der Waals surface area contributed by atoms with Crippen molar-refractivity contribution >= 4 is 65.4 Å². The third kappa shape index (κ3) is 16.7. The summed E-state index contributed by atoms with van der Waals surface area (Å²) in [6, 6.07) is 5.43. The maximum absolute atomic E-state index is 15.2. The van der Waals surface area contributed by atoms with Gasteiger partial charge < -0.3 is 40.6 Å². The standard InChI is InChI=1S/C18H22F2NO7PS.C11H17NO.C6H11NO2.C5H10O.CH3NO/c1-17(2,3)16(23)26-10-28-29(24,27-9-25-4)18(19,20)12-5-6-13-11(7-12)8-14(30-13)15(21)22;13-11-4-3-8-6-9(8)7-10-2-1-5-12(10)11;1-5(8)7-3-2-6(9)4-7;1-5(2,3)4-6;2-1-3/h5-8H,9-10H2,1-4H3,(H2,21,22);8-10H,1-7H2;6,9H,2-4H2,1H3;4H,1-3H3;1H,(H2,2,3)/t;8?,9?,10-;;;/m.1.../s1. The lowest BCUT2D eigenvalue weighted by Crippen LogP contribution is -2.36. The predicted octanol–water partition coefficient (Wildman–Crippen LogP) is 6.16. The molecule has 1 aromatic heterocycles. The van der Waals surface area contributed by atoms with E-state index in [1.165, 1.54) is 51.2 Å². The Morgan fingerprint density at radius 1 is 0.984 bits per heavy atom. The number of benzene rings is 1. The van der Waals surface area contributed by atoms with Crippen molar-refractivity contribution in [2.45, 2.75) is 111 Å². The van der Waals surface area contributed by atoms with Crippen LogP contribution in [-0.4, -0.2) is 104 Å². The number of likely N-dealkylation sites (tertiary alicyclic amines) is 1. The second kappa shape index (κ2) is 23.5. The van der Waals surface area contributed by atoms with Crippen molar-refractivity contribution in [2.24, 2.45) is 34.1 Å². The lowest BCUT2D eigenvalue weighted by Gasteiger charge is -2.26. The van der Waals surface area contributed by atoms with E-state index in [2.05, 4.69) is 15.4 Å². The summed E-state index contributed by atoms with van der Waals surface area (Å²) in [6.07, 6.45) is 8.89. The Kier molecular flexibility index (Phi) is 20.6. The number of β-amino-alcohol motifs (C(OH)–C–C–N with tert-alkyl or cyclic N) is 1. The van der Waals surface area contributed by atoms with Gasteiger partial charge in [0, 0.05) is 61.8 Å². The van der Waals surface area contributed by atoms with E-state index < -0.39 is 49.7 Å². The molecule has 5 atom stereocenters. The number of aliphatic hydroxyl groups excluding tert-OH is 1. The van der Waals surface area contributed by atoms with Crippen molar-refractivity contribution in [3.05, 3.63) is 34.7 Å². The number of thiophene rings is 1. The second-order valence-electron chi connectivity index (χ2n) is 17.2. The predicted molar refractivity (Wildman–Crippen MR) is 225 cm³/mol. The molecule has 0 radical (unpaired) electrons. The SMILES string of the molecule is CC(=O)N1CCC(O)C1.CC(C)(C)C=O.COCOP(=O)(OCOC(=O)C(C)(C)C)C(F)(F)c1ccc2sc(C(N)=O)cc2c1.NC=O.O=C1CCC2CC2C[C@H]2CCCN12. The number of methoxy groups -OCH3 is 1. The van der Waals surface area contributed by atoms with E-state index >= 15 is 8.78 Å². The number of fused-ring (bicyclic) bond motifs is 3. The van der Waals surface area contributed by atoms with E-state index in [1.54, 1.807) is 25.7 Å². The molecule has 4 amide bonds. The summed E-state index contributed by atoms with van der Waals surface area (Å²) in [5.41, 5.74) is 3.55. The molecule has 3 saturated heterocycles. The van der Waals surface area contributed by atoms with Crippen LogP contribution in [0.4, 0.5) is 8.78 Å². The van der Waals surface area contributed by atoms with E-state index in [0.29, 0.717) is 28.6 Å². The van der Waals surface area contributed by atoms with Crippen LogP contribution >= 0.6 is 18.9 Å². The van der Waals surface area contributed by atoms with Crippen LogP contribution in [0.5, 0.6) is 0 Å². The molecule has 20 heteroatoms. The molecule has 1 aromatic carbocycles. The Morgan fingerprint density at radius 3 is 2.11 bits per heavy atom. The van der Waals surface area contributed by atoms with Crippen LogP contribution in [0.3, 0.4) is 0 Å². The number of nitrogens with two attached hydrogens (primary N) is 2. The molecule has 0 spiro atoms. The molecule has 3 aliphatic heterocycles. The number of hydrogen-bond donors (Lipinski definition) is 3. The monoisotopic (exact) mass is 904 g/mol. The molecule has 6 rings (SSSR count). The Labute approximate surface area is 360 Å². The first-order valence-corrected chi connectivity index (χ1v) is 22.3. The van der Waals surface area contributed by atoms with Gasteiger partial charge in [0.25, 0.3) is 5.91 Å². The van der Waals surface area contributed by atoms with Gasteiger partial charge in [-0.1, -0.05) is 26.8 Å². The highest BCUT2D eigenvalue weighted by Crippen LogP contribution is 2.67. The summed E-state index contributed by atoms with van der Waals surface area (Å²) in [5.74, 6) is 0.982. The number of aliphatic hydroxyl groups is 1. The van der Waals surface area contributed by atoms with Gasteiger partial charge in [0.15, 0.2) is 6.79 Å². The van der Waals surface area contributed by atoms with Gasteiger partial charge in [0.2, 0.25) is 25.0 Å². The fourth-order valence-corrected chi connectivity index (χ4v) is 8.57. The molecule has 4 aliphatic rings. The van der Waals surface area contributed by atoms with Crippen molar-refractivity contribution in [1.29, 1.82) is 0 Å². The van der Waals surface area contributed by atoms with Gasteiger partial charge in [-0.05, 0) is 94.7 Å². The first kappa shape index (κ1) is 53.3. The maximum Gasteiger partial charge on any atom is 0.409 e. The van der Waals surface area contributed by atoms with Gasteiger partial charge >= 0.3 is 19.2 Å². The van der Waals surface area contributed by atoms with Crippen LogP contribution in [0.1, 0.15) is 109 Å². The van der Waals surface area contributed by atoms with Crippen LogP contribution in [0, 0.1) is 22.7 Å². The van der Waals surface area contributed by atoms with Crippen molar-refractivity contribution < 1.29 is 65.7 Å². The number of amides is 4. The lowest BCUT2D eigenvalue weighted by molar-refractivity contribution is -0.161. The van der Waals surface area contributed by atoms with Crippen LogP contribution < -0.4 is 11.5 Å². The fraction of sp³-hybridized carbons (Fsp3) is 0.659. The highest BCUT2D eigenvalue weighted by molar-refractivity contribution is 7.54. The average molecular weight is 905 g/mol. The number of aldehydes is 1. The van der Waals surface area contributed by atoms with Crippen LogP contribution in [-0.2, 0) is 52.7 Å². The molecule has 16 nitrogen and oxygen atoms in total. The summed E-state index contributed by atoms with van der Waals surface area (Å²) in [4.78, 5) is 67.9. The number of halogens is 2. The summed E-state index contributed by atoms with van der Waals surface area (Å²) >= 11 is 1.04. The number of carbonyl (C=O) groups is 6. The third-order valence-corrected chi connectivity index (χ3v) is 12.8. The van der Waals surface area contributed by atoms with Crippen molar-refractivity contribution in [3.63, 3.8) is 0 Å². The average Bonchev–Trinajstić information content (AvgIpc) is 3.52. The van der Waals surface area contributed by atoms with E-state index in [0.717, 1.165) is 74.6 Å². The zero-order valence-electron chi connectivity index (χ0n) is 36.4. The minimum absolute atomic E-state index is 0.0616. The molecule has 4 fully saturated rings. The van der Waals surface area contributed by atoms with E-state index in [9.17, 15) is 28.5 Å². The van der Waals surface area contributed by atoms with Gasteiger partial charge in [-0.15, -0.1) is 11.3 Å². The van der Waals surface area contributed by atoms with Crippen molar-refractivity contribution in [1.82, 2.24) is 9.80 Å². The third-order valence-electron chi connectivity index (χ3n) is 9.85. The Balaban J connectivity index is 0.000000333. The topological polar surface area (TPSA) is 235 Å². The minimum atomic E-state index is -5.18. The van der Waals surface area contributed by atoms with E-state index in [4.69, 9.17) is 29.4 Å². The molecule has 344 valence electrons. The van der Waals surface area contributed by atoms with Crippen molar-refractivity contribution in [3.8, 4) is 0 Å². The number of rotatable bonds is 9. The molecule has 4 unspecified atom stereocenters.